The number of rotatable bonds is 7. The topological polar surface area (TPSA) is 46.9 Å². The van der Waals surface area contributed by atoms with Crippen molar-refractivity contribution in [2.75, 3.05) is 0 Å². The van der Waals surface area contributed by atoms with Crippen LogP contribution in [-0.2, 0) is 6.54 Å². The molecule has 1 aromatic heterocycles. The molecule has 0 bridgehead atoms. The highest BCUT2D eigenvalue weighted by Crippen LogP contribution is 2.31. The first-order valence-electron chi connectivity index (χ1n) is 11.0. The van der Waals surface area contributed by atoms with E-state index in [1.165, 1.54) is 12.1 Å². The van der Waals surface area contributed by atoms with Gasteiger partial charge in [-0.1, -0.05) is 67.6 Å². The van der Waals surface area contributed by atoms with Crippen LogP contribution >= 0.6 is 0 Å². The minimum absolute atomic E-state index is 0.212. The van der Waals surface area contributed by atoms with E-state index in [9.17, 15) is 13.6 Å². The summed E-state index contributed by atoms with van der Waals surface area (Å²) >= 11 is 0. The number of aromatic nitrogens is 2. The van der Waals surface area contributed by atoms with E-state index in [-0.39, 0.29) is 28.9 Å². The average Bonchev–Trinajstić information content (AvgIpc) is 3.23. The molecule has 4 nitrogen and oxygen atoms in total. The lowest BCUT2D eigenvalue weighted by atomic mass is 10.0. The van der Waals surface area contributed by atoms with Crippen LogP contribution in [-0.4, -0.2) is 15.5 Å². The van der Waals surface area contributed by atoms with Crippen LogP contribution in [0.25, 0.3) is 22.6 Å². The predicted octanol–water partition coefficient (Wildman–Crippen LogP) is 6.40. The zero-order chi connectivity index (χ0) is 23.4. The Balaban J connectivity index is 1.86. The Hall–Kier alpha value is -3.80. The lowest BCUT2D eigenvalue weighted by Crippen LogP contribution is -2.30. The van der Waals surface area contributed by atoms with Crippen LogP contribution in [0, 0.1) is 11.6 Å². The van der Waals surface area contributed by atoms with E-state index in [2.05, 4.69) is 5.32 Å². The van der Waals surface area contributed by atoms with Crippen molar-refractivity contribution in [3.05, 3.63) is 102 Å². The molecule has 168 valence electrons. The Morgan fingerprint density at radius 1 is 0.909 bits per heavy atom. The third kappa shape index (κ3) is 4.70. The van der Waals surface area contributed by atoms with Crippen molar-refractivity contribution in [2.24, 2.45) is 0 Å². The number of imidazole rings is 1. The molecule has 0 aliphatic carbocycles. The van der Waals surface area contributed by atoms with Crippen molar-refractivity contribution in [2.45, 2.75) is 32.9 Å². The van der Waals surface area contributed by atoms with E-state index in [4.69, 9.17) is 4.98 Å². The van der Waals surface area contributed by atoms with Crippen LogP contribution in [0.15, 0.2) is 78.9 Å². The molecule has 0 saturated heterocycles. The molecule has 1 N–H and O–H groups in total. The zero-order valence-corrected chi connectivity index (χ0v) is 18.6. The lowest BCUT2D eigenvalue weighted by Gasteiger charge is -2.19. The van der Waals surface area contributed by atoms with Crippen molar-refractivity contribution in [1.29, 1.82) is 0 Å². The number of hydrogen-bond donors (Lipinski definition) is 1. The van der Waals surface area contributed by atoms with Gasteiger partial charge in [-0.25, -0.2) is 13.8 Å². The fourth-order valence-electron chi connectivity index (χ4n) is 4.02. The molecule has 4 aromatic rings. The largest absolute Gasteiger partial charge is 0.344 e. The lowest BCUT2D eigenvalue weighted by molar-refractivity contribution is 0.0927. The quantitative estimate of drug-likeness (QED) is 0.358. The number of halogens is 2. The van der Waals surface area contributed by atoms with Gasteiger partial charge in [-0.05, 0) is 31.0 Å². The predicted molar refractivity (Wildman–Crippen MR) is 126 cm³/mol. The van der Waals surface area contributed by atoms with Crippen molar-refractivity contribution < 1.29 is 13.6 Å². The summed E-state index contributed by atoms with van der Waals surface area (Å²) in [5.41, 5.74) is 2.53. The van der Waals surface area contributed by atoms with Gasteiger partial charge in [0.15, 0.2) is 0 Å². The number of carbonyl (C=O) groups is 1. The number of nitrogens with zero attached hydrogens (tertiary/aromatic N) is 2. The highest BCUT2D eigenvalue weighted by atomic mass is 19.1. The molecule has 1 heterocycles. The molecule has 6 heteroatoms. The third-order valence-corrected chi connectivity index (χ3v) is 5.58. The summed E-state index contributed by atoms with van der Waals surface area (Å²) in [5, 5.41) is 3.09. The maximum atomic E-state index is 14.1. The third-order valence-electron chi connectivity index (χ3n) is 5.58. The van der Waals surface area contributed by atoms with E-state index >= 15 is 0 Å². The minimum atomic E-state index is -0.723. The molecule has 0 spiro atoms. The van der Waals surface area contributed by atoms with Crippen LogP contribution in [0.5, 0.6) is 0 Å². The monoisotopic (exact) mass is 445 g/mol. The fraction of sp³-hybridized carbons (Fsp3) is 0.185. The summed E-state index contributed by atoms with van der Waals surface area (Å²) in [4.78, 5) is 18.3. The number of hydrogen-bond acceptors (Lipinski definition) is 2. The molecule has 3 aromatic carbocycles. The molecular formula is C27H25F2N3O. The van der Waals surface area contributed by atoms with Crippen molar-refractivity contribution in [1.82, 2.24) is 14.9 Å². The molecule has 33 heavy (non-hydrogen) atoms. The zero-order valence-electron chi connectivity index (χ0n) is 18.6. The van der Waals surface area contributed by atoms with Crippen LogP contribution in [0.1, 0.15) is 42.4 Å². The van der Waals surface area contributed by atoms with Gasteiger partial charge >= 0.3 is 0 Å². The fourth-order valence-corrected chi connectivity index (χ4v) is 4.02. The van der Waals surface area contributed by atoms with Gasteiger partial charge < -0.3 is 9.88 Å². The SMILES string of the molecule is CCC(NC(=O)c1c(-c2cc(F)cc(F)c2)nc(-c2ccccc2)n1CC)c1ccccc1. The highest BCUT2D eigenvalue weighted by Gasteiger charge is 2.26. The highest BCUT2D eigenvalue weighted by molar-refractivity contribution is 5.99. The molecule has 1 amide bonds. The van der Waals surface area contributed by atoms with Crippen molar-refractivity contribution >= 4 is 5.91 Å². The summed E-state index contributed by atoms with van der Waals surface area (Å²) in [6, 6.07) is 22.1. The molecular weight excluding hydrogens is 420 g/mol. The van der Waals surface area contributed by atoms with E-state index < -0.39 is 11.6 Å². The first-order chi connectivity index (χ1) is 16.0. The van der Waals surface area contributed by atoms with Gasteiger partial charge in [-0.3, -0.25) is 4.79 Å². The maximum Gasteiger partial charge on any atom is 0.270 e. The first-order valence-corrected chi connectivity index (χ1v) is 11.0. The first kappa shape index (κ1) is 22.4. The Morgan fingerprint density at radius 3 is 2.09 bits per heavy atom. The Labute approximate surface area is 191 Å². The Bertz CT molecular complexity index is 1230. The van der Waals surface area contributed by atoms with Gasteiger partial charge in [0.2, 0.25) is 0 Å². The molecule has 4 rings (SSSR count). The molecule has 1 atom stereocenters. The van der Waals surface area contributed by atoms with Crippen LogP contribution < -0.4 is 5.32 Å². The summed E-state index contributed by atoms with van der Waals surface area (Å²) in [7, 11) is 0. The summed E-state index contributed by atoms with van der Waals surface area (Å²) in [5.74, 6) is -1.23. The molecule has 1 unspecified atom stereocenters. The van der Waals surface area contributed by atoms with Gasteiger partial charge in [0, 0.05) is 23.7 Å². The summed E-state index contributed by atoms with van der Waals surface area (Å²) in [6.07, 6.45) is 0.686. The maximum absolute atomic E-state index is 14.1. The minimum Gasteiger partial charge on any atom is -0.344 e. The second kappa shape index (κ2) is 9.77. The standard InChI is InChI=1S/C27H25F2N3O/c1-3-23(18-11-7-5-8-12-18)30-27(33)25-24(20-15-21(28)17-22(29)16-20)31-26(32(25)4-2)19-13-9-6-10-14-19/h5-17,23H,3-4H2,1-2H3,(H,30,33). The molecule has 0 fully saturated rings. The number of carbonyl (C=O) groups excluding carboxylic acids is 1. The van der Waals surface area contributed by atoms with Crippen molar-refractivity contribution in [3.8, 4) is 22.6 Å². The Morgan fingerprint density at radius 2 is 1.52 bits per heavy atom. The van der Waals surface area contributed by atoms with Gasteiger partial charge in [0.25, 0.3) is 5.91 Å². The second-order valence-electron chi connectivity index (χ2n) is 7.75. The van der Waals surface area contributed by atoms with E-state index in [1.54, 1.807) is 4.57 Å². The molecule has 0 radical (unpaired) electrons. The van der Waals surface area contributed by atoms with Gasteiger partial charge in [0.1, 0.15) is 28.8 Å². The van der Waals surface area contributed by atoms with E-state index in [1.807, 2.05) is 74.5 Å². The number of benzene rings is 3. The number of amides is 1. The van der Waals surface area contributed by atoms with Crippen LogP contribution in [0.2, 0.25) is 0 Å². The summed E-state index contributed by atoms with van der Waals surface area (Å²) in [6.45, 7) is 4.36. The van der Waals surface area contributed by atoms with E-state index in [0.717, 1.165) is 17.2 Å². The molecule has 0 saturated carbocycles. The number of nitrogens with one attached hydrogen (secondary N) is 1. The average molecular weight is 446 g/mol. The van der Waals surface area contributed by atoms with Gasteiger partial charge in [0.05, 0.1) is 6.04 Å². The smallest absolute Gasteiger partial charge is 0.270 e. The molecule has 0 aliphatic rings. The van der Waals surface area contributed by atoms with E-state index in [0.29, 0.717) is 18.8 Å². The molecule has 0 aliphatic heterocycles. The van der Waals surface area contributed by atoms with Crippen LogP contribution in [0.4, 0.5) is 8.78 Å². The van der Waals surface area contributed by atoms with Crippen LogP contribution in [0.3, 0.4) is 0 Å². The van der Waals surface area contributed by atoms with Gasteiger partial charge in [-0.15, -0.1) is 0 Å². The van der Waals surface area contributed by atoms with Crippen molar-refractivity contribution in [3.63, 3.8) is 0 Å². The van der Waals surface area contributed by atoms with Gasteiger partial charge in [-0.2, -0.15) is 0 Å². The summed E-state index contributed by atoms with van der Waals surface area (Å²) < 4.78 is 29.9. The second-order valence-corrected chi connectivity index (χ2v) is 7.75. The normalized spacial score (nSPS) is 11.9. The Kier molecular flexibility index (Phi) is 6.63.